The summed E-state index contributed by atoms with van der Waals surface area (Å²) in [6.07, 6.45) is 6.41. The summed E-state index contributed by atoms with van der Waals surface area (Å²) in [5.41, 5.74) is 2.40. The molecule has 0 radical (unpaired) electrons. The molecule has 1 saturated carbocycles. The van der Waals surface area contributed by atoms with Crippen LogP contribution in [-0.2, 0) is 4.74 Å². The van der Waals surface area contributed by atoms with Gasteiger partial charge in [0.1, 0.15) is 23.3 Å². The number of ether oxygens (including phenoxy) is 2. The summed E-state index contributed by atoms with van der Waals surface area (Å²) in [6, 6.07) is 10.8. The molecule has 5 nitrogen and oxygen atoms in total. The lowest BCUT2D eigenvalue weighted by Crippen LogP contribution is -2.41. The van der Waals surface area contributed by atoms with Crippen LogP contribution < -0.4 is 4.74 Å². The SMILES string of the molecule is CC(C)(C)OC(=O)N1CCC(c2cccc3c2O[C@@H](c2ccc(C(=O)C4CC4)cc2F)C=C3)CC1. The number of Topliss-reactive ketones (excluding diaryl/α,β-unsaturated/α-hetero) is 1. The van der Waals surface area contributed by atoms with E-state index in [2.05, 4.69) is 6.07 Å². The molecule has 1 aliphatic carbocycles. The Morgan fingerprint density at radius 3 is 2.43 bits per heavy atom. The van der Waals surface area contributed by atoms with Gasteiger partial charge in [0.2, 0.25) is 0 Å². The van der Waals surface area contributed by atoms with Crippen molar-refractivity contribution in [2.75, 3.05) is 13.1 Å². The number of nitrogens with zero attached hydrogens (tertiary/aromatic N) is 1. The van der Waals surface area contributed by atoms with E-state index in [9.17, 15) is 9.59 Å². The largest absolute Gasteiger partial charge is 0.481 e. The topological polar surface area (TPSA) is 55.8 Å². The highest BCUT2D eigenvalue weighted by Crippen LogP contribution is 2.42. The highest BCUT2D eigenvalue weighted by atomic mass is 19.1. The minimum Gasteiger partial charge on any atom is -0.481 e. The summed E-state index contributed by atoms with van der Waals surface area (Å²) in [5, 5.41) is 0. The van der Waals surface area contributed by atoms with Crippen molar-refractivity contribution in [3.05, 3.63) is 70.5 Å². The molecule has 0 aromatic heterocycles. The molecule has 1 atom stereocenters. The smallest absolute Gasteiger partial charge is 0.410 e. The Bertz CT molecular complexity index is 1170. The zero-order valence-electron chi connectivity index (χ0n) is 20.6. The zero-order chi connectivity index (χ0) is 24.7. The minimum atomic E-state index is -0.560. The van der Waals surface area contributed by atoms with Gasteiger partial charge in [0.15, 0.2) is 5.78 Å². The summed E-state index contributed by atoms with van der Waals surface area (Å²) in [7, 11) is 0. The molecule has 1 amide bonds. The molecule has 2 aromatic rings. The van der Waals surface area contributed by atoms with Gasteiger partial charge in [-0.05, 0) is 70.1 Å². The number of hydrogen-bond acceptors (Lipinski definition) is 4. The molecule has 184 valence electrons. The van der Waals surface area contributed by atoms with Gasteiger partial charge in [-0.2, -0.15) is 0 Å². The van der Waals surface area contributed by atoms with Gasteiger partial charge in [-0.15, -0.1) is 0 Å². The predicted octanol–water partition coefficient (Wildman–Crippen LogP) is 6.68. The molecular formula is C29H32FNO4. The molecule has 0 bridgehead atoms. The van der Waals surface area contributed by atoms with Crippen molar-refractivity contribution in [2.24, 2.45) is 5.92 Å². The maximum absolute atomic E-state index is 15.0. The van der Waals surface area contributed by atoms with E-state index in [1.165, 1.54) is 6.07 Å². The molecule has 6 heteroatoms. The van der Waals surface area contributed by atoms with Gasteiger partial charge in [-0.3, -0.25) is 4.79 Å². The lowest BCUT2D eigenvalue weighted by molar-refractivity contribution is 0.0204. The number of benzene rings is 2. The van der Waals surface area contributed by atoms with Crippen molar-refractivity contribution >= 4 is 18.0 Å². The fourth-order valence-corrected chi connectivity index (χ4v) is 4.88. The second-order valence-electron chi connectivity index (χ2n) is 10.8. The van der Waals surface area contributed by atoms with Gasteiger partial charge >= 0.3 is 6.09 Å². The molecule has 0 unspecified atom stereocenters. The molecule has 1 saturated heterocycles. The van der Waals surface area contributed by atoms with Crippen molar-refractivity contribution in [3.63, 3.8) is 0 Å². The number of amides is 1. The van der Waals surface area contributed by atoms with Crippen LogP contribution in [0, 0.1) is 11.7 Å². The van der Waals surface area contributed by atoms with E-state index in [0.29, 0.717) is 24.2 Å². The fraction of sp³-hybridized carbons (Fsp3) is 0.448. The first-order chi connectivity index (χ1) is 16.7. The Hall–Kier alpha value is -3.15. The van der Waals surface area contributed by atoms with Crippen LogP contribution in [0.15, 0.2) is 42.5 Å². The maximum Gasteiger partial charge on any atom is 0.410 e. The van der Waals surface area contributed by atoms with Gasteiger partial charge < -0.3 is 14.4 Å². The average molecular weight is 478 g/mol. The molecular weight excluding hydrogens is 445 g/mol. The van der Waals surface area contributed by atoms with Crippen LogP contribution in [0.3, 0.4) is 0 Å². The van der Waals surface area contributed by atoms with E-state index in [1.54, 1.807) is 17.0 Å². The number of fused-ring (bicyclic) bond motifs is 1. The number of para-hydroxylation sites is 1. The second-order valence-corrected chi connectivity index (χ2v) is 10.8. The van der Waals surface area contributed by atoms with Gasteiger partial charge in [0.05, 0.1) is 0 Å². The number of piperidine rings is 1. The Morgan fingerprint density at radius 1 is 1.03 bits per heavy atom. The van der Waals surface area contributed by atoms with Crippen LogP contribution in [0.2, 0.25) is 0 Å². The molecule has 2 heterocycles. The van der Waals surface area contributed by atoms with E-state index in [4.69, 9.17) is 9.47 Å². The molecule has 35 heavy (non-hydrogen) atoms. The molecule has 2 aromatic carbocycles. The summed E-state index contributed by atoms with van der Waals surface area (Å²) >= 11 is 0. The van der Waals surface area contributed by atoms with E-state index < -0.39 is 17.5 Å². The number of ketones is 1. The van der Waals surface area contributed by atoms with E-state index >= 15 is 4.39 Å². The number of halogens is 1. The van der Waals surface area contributed by atoms with Crippen LogP contribution >= 0.6 is 0 Å². The Morgan fingerprint density at radius 2 is 1.77 bits per heavy atom. The molecule has 0 spiro atoms. The molecule has 5 rings (SSSR count). The number of carbonyl (C=O) groups is 2. The second kappa shape index (κ2) is 9.14. The Labute approximate surface area is 205 Å². The predicted molar refractivity (Wildman–Crippen MR) is 132 cm³/mol. The third-order valence-electron chi connectivity index (χ3n) is 6.90. The summed E-state index contributed by atoms with van der Waals surface area (Å²) in [6.45, 7) is 6.85. The summed E-state index contributed by atoms with van der Waals surface area (Å²) in [4.78, 5) is 26.5. The highest BCUT2D eigenvalue weighted by Gasteiger charge is 2.32. The quantitative estimate of drug-likeness (QED) is 0.461. The number of carbonyl (C=O) groups excluding carboxylic acids is 2. The third kappa shape index (κ3) is 5.12. The Kier molecular flexibility index (Phi) is 6.16. The third-order valence-corrected chi connectivity index (χ3v) is 6.90. The summed E-state index contributed by atoms with van der Waals surface area (Å²) < 4.78 is 26.9. The fourth-order valence-electron chi connectivity index (χ4n) is 4.88. The lowest BCUT2D eigenvalue weighted by Gasteiger charge is -2.35. The van der Waals surface area contributed by atoms with Crippen molar-refractivity contribution in [1.29, 1.82) is 0 Å². The molecule has 2 aliphatic heterocycles. The maximum atomic E-state index is 15.0. The van der Waals surface area contributed by atoms with E-state index in [0.717, 1.165) is 42.6 Å². The van der Waals surface area contributed by atoms with Gasteiger partial charge in [-0.25, -0.2) is 9.18 Å². The first kappa shape index (κ1) is 23.6. The lowest BCUT2D eigenvalue weighted by atomic mass is 9.87. The van der Waals surface area contributed by atoms with Crippen molar-refractivity contribution in [3.8, 4) is 5.75 Å². The molecule has 0 N–H and O–H groups in total. The number of hydrogen-bond donors (Lipinski definition) is 0. The monoisotopic (exact) mass is 477 g/mol. The van der Waals surface area contributed by atoms with Gasteiger partial charge in [-0.1, -0.05) is 36.4 Å². The Balaban J connectivity index is 1.31. The van der Waals surface area contributed by atoms with Crippen LogP contribution in [0.1, 0.15) is 85.5 Å². The first-order valence-electron chi connectivity index (χ1n) is 12.5. The van der Waals surface area contributed by atoms with Crippen LogP contribution in [-0.4, -0.2) is 35.5 Å². The zero-order valence-corrected chi connectivity index (χ0v) is 20.6. The number of likely N-dealkylation sites (tertiary alicyclic amines) is 1. The first-order valence-corrected chi connectivity index (χ1v) is 12.5. The van der Waals surface area contributed by atoms with Crippen LogP contribution in [0.4, 0.5) is 9.18 Å². The standard InChI is InChI=1S/C29H32FNO4/c1-29(2,3)35-28(33)31-15-13-18(14-16-31)22-6-4-5-20-10-12-25(34-27(20)22)23-11-9-21(17-24(23)30)26(32)19-7-8-19/h4-6,9-12,17-19,25H,7-8,13-16H2,1-3H3/t25-/m1/s1. The highest BCUT2D eigenvalue weighted by molar-refractivity contribution is 5.99. The molecule has 3 aliphatic rings. The normalized spacial score (nSPS) is 20.2. The van der Waals surface area contributed by atoms with E-state index in [1.807, 2.05) is 45.1 Å². The molecule has 2 fully saturated rings. The van der Waals surface area contributed by atoms with Crippen molar-refractivity contribution in [1.82, 2.24) is 4.90 Å². The number of rotatable bonds is 4. The van der Waals surface area contributed by atoms with Crippen molar-refractivity contribution < 1.29 is 23.5 Å². The van der Waals surface area contributed by atoms with Crippen molar-refractivity contribution in [2.45, 2.75) is 64.1 Å². The van der Waals surface area contributed by atoms with Gasteiger partial charge in [0.25, 0.3) is 0 Å². The van der Waals surface area contributed by atoms with Gasteiger partial charge in [0, 0.05) is 35.7 Å². The minimum absolute atomic E-state index is 0.0286. The summed E-state index contributed by atoms with van der Waals surface area (Å²) in [5.74, 6) is 0.674. The average Bonchev–Trinajstić information content (AvgIpc) is 3.67. The van der Waals surface area contributed by atoms with E-state index in [-0.39, 0.29) is 23.7 Å². The van der Waals surface area contributed by atoms with Crippen LogP contribution in [0.5, 0.6) is 5.75 Å². The van der Waals surface area contributed by atoms with Crippen LogP contribution in [0.25, 0.3) is 6.08 Å².